The maximum Gasteiger partial charge on any atom is 0.250 e. The predicted octanol–water partition coefficient (Wildman–Crippen LogP) is 3.92. The van der Waals surface area contributed by atoms with Crippen LogP contribution in [0.5, 0.6) is 0 Å². The summed E-state index contributed by atoms with van der Waals surface area (Å²) in [6.07, 6.45) is 0. The van der Waals surface area contributed by atoms with Gasteiger partial charge in [0.25, 0.3) is 5.96 Å². The number of hydrogen-bond acceptors (Lipinski definition) is 1. The Kier molecular flexibility index (Phi) is 3.08. The molecule has 0 unspecified atom stereocenters. The van der Waals surface area contributed by atoms with Gasteiger partial charge in [-0.2, -0.15) is 0 Å². The fourth-order valence-electron chi connectivity index (χ4n) is 1.23. The molecule has 0 aliphatic carbocycles. The van der Waals surface area contributed by atoms with Gasteiger partial charge in [-0.25, -0.2) is 15.0 Å². The number of hydrogen-bond donors (Lipinski definition) is 0. The first-order chi connectivity index (χ1) is 7.58. The molecule has 16 heavy (non-hydrogen) atoms. The zero-order chi connectivity index (χ0) is 11.7. The zero-order valence-electron chi connectivity index (χ0n) is 8.83. The summed E-state index contributed by atoms with van der Waals surface area (Å²) in [6.45, 7) is 3.77. The molecule has 0 spiro atoms. The van der Waals surface area contributed by atoms with E-state index >= 15 is 0 Å². The lowest BCUT2D eigenvalue weighted by Gasteiger charge is -1.99. The van der Waals surface area contributed by atoms with E-state index in [1.165, 1.54) is 0 Å². The van der Waals surface area contributed by atoms with Gasteiger partial charge in [-0.3, -0.25) is 0 Å². The second-order valence-corrected chi connectivity index (χ2v) is 4.19. The van der Waals surface area contributed by atoms with Crippen LogP contribution in [0.3, 0.4) is 0 Å². The van der Waals surface area contributed by atoms with Crippen LogP contribution in [0, 0.1) is 0 Å². The molecule has 1 heterocycles. The minimum Gasteiger partial charge on any atom is -0.215 e. The average molecular weight is 254 g/mol. The van der Waals surface area contributed by atoms with Gasteiger partial charge in [0.1, 0.15) is 5.69 Å². The fraction of sp³-hybridized carbons (Fsp3) is 0.182. The molecule has 0 bridgehead atoms. The lowest BCUT2D eigenvalue weighted by atomic mass is 10.3. The van der Waals surface area contributed by atoms with Crippen LogP contribution >= 0.6 is 23.2 Å². The Balaban J connectivity index is 2.46. The molecular weight excluding hydrogens is 245 g/mol. The molecule has 1 aliphatic heterocycles. The van der Waals surface area contributed by atoms with E-state index in [0.717, 1.165) is 11.4 Å². The van der Waals surface area contributed by atoms with Crippen LogP contribution < -0.4 is 0 Å². The van der Waals surface area contributed by atoms with Crippen molar-refractivity contribution in [2.75, 3.05) is 0 Å². The van der Waals surface area contributed by atoms with Crippen LogP contribution in [-0.4, -0.2) is 17.4 Å². The van der Waals surface area contributed by atoms with Gasteiger partial charge >= 0.3 is 0 Å². The molecule has 0 fully saturated rings. The third-order valence-corrected chi connectivity index (χ3v) is 2.82. The van der Waals surface area contributed by atoms with Crippen molar-refractivity contribution in [2.45, 2.75) is 13.8 Å². The van der Waals surface area contributed by atoms with Crippen LogP contribution in [0.25, 0.3) is 0 Å². The topological polar surface area (TPSA) is 37.1 Å². The summed E-state index contributed by atoms with van der Waals surface area (Å²) < 4.78 is 0. The summed E-state index contributed by atoms with van der Waals surface area (Å²) in [5.41, 5.74) is 2.24. The van der Waals surface area contributed by atoms with Crippen molar-refractivity contribution in [2.24, 2.45) is 15.0 Å². The maximum atomic E-state index is 5.99. The molecule has 0 amide bonds. The van der Waals surface area contributed by atoms with Crippen molar-refractivity contribution in [3.05, 3.63) is 28.2 Å². The van der Waals surface area contributed by atoms with Gasteiger partial charge in [0.2, 0.25) is 0 Å². The van der Waals surface area contributed by atoms with E-state index in [-0.39, 0.29) is 0 Å². The second kappa shape index (κ2) is 4.36. The summed E-state index contributed by atoms with van der Waals surface area (Å²) >= 11 is 12.0. The molecule has 82 valence electrons. The lowest BCUT2D eigenvalue weighted by molar-refractivity contribution is 1.43. The van der Waals surface area contributed by atoms with Crippen LogP contribution in [0.1, 0.15) is 13.8 Å². The highest BCUT2D eigenvalue weighted by Gasteiger charge is 2.11. The van der Waals surface area contributed by atoms with Gasteiger partial charge in [0.05, 0.1) is 21.5 Å². The van der Waals surface area contributed by atoms with Crippen LogP contribution in [0.15, 0.2) is 33.2 Å². The number of rotatable bonds is 1. The van der Waals surface area contributed by atoms with Crippen LogP contribution in [-0.2, 0) is 0 Å². The van der Waals surface area contributed by atoms with E-state index in [1.54, 1.807) is 18.2 Å². The molecular formula is C11H9Cl2N3. The minimum atomic E-state index is 0.394. The average Bonchev–Trinajstić information content (AvgIpc) is 2.53. The zero-order valence-corrected chi connectivity index (χ0v) is 10.3. The van der Waals surface area contributed by atoms with Gasteiger partial charge in [-0.05, 0) is 26.0 Å². The normalized spacial score (nSPS) is 14.9. The summed E-state index contributed by atoms with van der Waals surface area (Å²) in [6, 6.07) is 5.23. The van der Waals surface area contributed by atoms with Crippen molar-refractivity contribution >= 4 is 46.3 Å². The highest BCUT2D eigenvalue weighted by Crippen LogP contribution is 2.33. The van der Waals surface area contributed by atoms with Gasteiger partial charge in [0.15, 0.2) is 0 Å². The van der Waals surface area contributed by atoms with E-state index in [0.29, 0.717) is 21.7 Å². The Morgan fingerprint density at radius 2 is 1.50 bits per heavy atom. The summed E-state index contributed by atoms with van der Waals surface area (Å²) in [7, 11) is 0. The Hall–Kier alpha value is -1.19. The van der Waals surface area contributed by atoms with Gasteiger partial charge < -0.3 is 0 Å². The molecule has 2 rings (SSSR count). The molecule has 1 aromatic carbocycles. The van der Waals surface area contributed by atoms with Gasteiger partial charge in [-0.1, -0.05) is 29.3 Å². The number of halogens is 2. The molecule has 3 nitrogen and oxygen atoms in total. The molecule has 0 N–H and O–H groups in total. The van der Waals surface area contributed by atoms with Crippen molar-refractivity contribution in [3.8, 4) is 0 Å². The monoisotopic (exact) mass is 253 g/mol. The molecule has 0 radical (unpaired) electrons. The van der Waals surface area contributed by atoms with Gasteiger partial charge in [0, 0.05) is 0 Å². The fourth-order valence-corrected chi connectivity index (χ4v) is 1.71. The Morgan fingerprint density at radius 1 is 1.00 bits per heavy atom. The smallest absolute Gasteiger partial charge is 0.215 e. The molecule has 0 saturated heterocycles. The Morgan fingerprint density at radius 3 is 2.00 bits per heavy atom. The Bertz CT molecular complexity index is 490. The number of guanidine groups is 1. The third kappa shape index (κ3) is 2.15. The number of para-hydroxylation sites is 1. The Labute approximate surface area is 104 Å². The first-order valence-corrected chi connectivity index (χ1v) is 5.47. The van der Waals surface area contributed by atoms with Crippen molar-refractivity contribution < 1.29 is 0 Å². The predicted molar refractivity (Wildman–Crippen MR) is 69.8 cm³/mol. The number of aliphatic imine (C=N–C) groups is 3. The van der Waals surface area contributed by atoms with E-state index in [2.05, 4.69) is 15.0 Å². The highest BCUT2D eigenvalue weighted by molar-refractivity contribution is 6.47. The number of benzene rings is 1. The van der Waals surface area contributed by atoms with E-state index in [4.69, 9.17) is 23.2 Å². The van der Waals surface area contributed by atoms with Gasteiger partial charge in [-0.15, -0.1) is 0 Å². The quantitative estimate of drug-likeness (QED) is 0.728. The molecule has 0 saturated carbocycles. The summed E-state index contributed by atoms with van der Waals surface area (Å²) in [4.78, 5) is 12.6. The van der Waals surface area contributed by atoms with E-state index in [9.17, 15) is 0 Å². The molecule has 1 aromatic rings. The molecule has 1 aliphatic rings. The van der Waals surface area contributed by atoms with Crippen molar-refractivity contribution in [1.82, 2.24) is 0 Å². The largest absolute Gasteiger partial charge is 0.250 e. The summed E-state index contributed by atoms with van der Waals surface area (Å²) in [5.74, 6) is 0.394. The molecule has 0 atom stereocenters. The van der Waals surface area contributed by atoms with Crippen LogP contribution in [0.2, 0.25) is 10.0 Å². The van der Waals surface area contributed by atoms with Crippen molar-refractivity contribution in [3.63, 3.8) is 0 Å². The number of nitrogens with zero attached hydrogens (tertiary/aromatic N) is 3. The molecule has 0 aromatic heterocycles. The van der Waals surface area contributed by atoms with Crippen molar-refractivity contribution in [1.29, 1.82) is 0 Å². The minimum absolute atomic E-state index is 0.394. The maximum absolute atomic E-state index is 5.99. The third-order valence-electron chi connectivity index (χ3n) is 2.21. The SMILES string of the molecule is CC1=NC(=Nc2c(Cl)cccc2Cl)N=C1C. The van der Waals surface area contributed by atoms with E-state index in [1.807, 2.05) is 13.8 Å². The summed E-state index contributed by atoms with van der Waals surface area (Å²) in [5, 5.41) is 0.986. The second-order valence-electron chi connectivity index (χ2n) is 3.38. The lowest BCUT2D eigenvalue weighted by Crippen LogP contribution is -1.98. The standard InChI is InChI=1S/C11H9Cl2N3/c1-6-7(2)15-11(14-6)16-10-8(12)4-3-5-9(10)13/h3-5H,1-2H3. The highest BCUT2D eigenvalue weighted by atomic mass is 35.5. The van der Waals surface area contributed by atoms with Crippen LogP contribution in [0.4, 0.5) is 5.69 Å². The van der Waals surface area contributed by atoms with E-state index < -0.39 is 0 Å². The first-order valence-electron chi connectivity index (χ1n) is 4.71. The first kappa shape index (κ1) is 11.3. The molecule has 5 heteroatoms.